The van der Waals surface area contributed by atoms with Gasteiger partial charge in [0.25, 0.3) is 0 Å². The third-order valence-electron chi connectivity index (χ3n) is 4.67. The zero-order valence-electron chi connectivity index (χ0n) is 18.0. The number of cyclic esters (lactones) is 1. The molecule has 0 aromatic heterocycles. The van der Waals surface area contributed by atoms with Gasteiger partial charge in [0.2, 0.25) is 11.8 Å². The molecule has 0 bridgehead atoms. The van der Waals surface area contributed by atoms with Crippen molar-refractivity contribution in [3.8, 4) is 5.75 Å². The van der Waals surface area contributed by atoms with Crippen LogP contribution < -0.4 is 10.1 Å². The Labute approximate surface area is 222 Å². The number of carbonyl (C=O) groups is 3. The first kappa shape index (κ1) is 24.8. The Balaban J connectivity index is 1.54. The highest BCUT2D eigenvalue weighted by molar-refractivity contribution is 9.11. The minimum absolute atomic E-state index is 0.107. The molecule has 1 N–H and O–H groups in total. The monoisotopic (exact) mass is 616 g/mol. The lowest BCUT2D eigenvalue weighted by Crippen LogP contribution is -2.09. The van der Waals surface area contributed by atoms with Gasteiger partial charge in [0.15, 0.2) is 11.4 Å². The Morgan fingerprint density at radius 3 is 2.26 bits per heavy atom. The van der Waals surface area contributed by atoms with E-state index in [1.54, 1.807) is 66.7 Å². The van der Waals surface area contributed by atoms with Crippen molar-refractivity contribution < 1.29 is 23.9 Å². The summed E-state index contributed by atoms with van der Waals surface area (Å²) in [6.45, 7) is 1.42. The predicted octanol–water partition coefficient (Wildman–Crippen LogP) is 6.39. The first-order valence-electron chi connectivity index (χ1n) is 10.1. The van der Waals surface area contributed by atoms with E-state index in [1.165, 1.54) is 6.92 Å². The Morgan fingerprint density at radius 1 is 1.03 bits per heavy atom. The summed E-state index contributed by atoms with van der Waals surface area (Å²) in [7, 11) is 0. The first-order chi connectivity index (χ1) is 16.7. The second-order valence-electron chi connectivity index (χ2n) is 7.30. The summed E-state index contributed by atoms with van der Waals surface area (Å²) < 4.78 is 11.8. The molecular formula is C25H15Br2ClN2O5. The van der Waals surface area contributed by atoms with Crippen LogP contribution in [0.5, 0.6) is 5.75 Å². The van der Waals surface area contributed by atoms with Gasteiger partial charge in [-0.1, -0.05) is 11.6 Å². The van der Waals surface area contributed by atoms with Crippen LogP contribution in [0.2, 0.25) is 5.02 Å². The lowest BCUT2D eigenvalue weighted by atomic mass is 10.2. The number of nitrogens with one attached hydrogen (secondary N) is 1. The average molecular weight is 619 g/mol. The van der Waals surface area contributed by atoms with Crippen LogP contribution in [0.4, 0.5) is 5.69 Å². The number of carbonyl (C=O) groups excluding carboxylic acids is 3. The summed E-state index contributed by atoms with van der Waals surface area (Å²) in [5, 5.41) is 3.18. The molecule has 1 aliphatic rings. The standard InChI is InChI=1S/C25H15Br2ClN2O5/c1-13(31)29-18-8-4-15(5-9-18)23-30-21(25(33)35-23)12-14-10-19(26)22(20(27)11-14)34-24(32)16-2-6-17(28)7-3-16/h2-12H,1H3,(H,29,31)/b21-12-. The Hall–Kier alpha value is -3.27. The molecule has 0 fully saturated rings. The second-order valence-corrected chi connectivity index (χ2v) is 9.45. The van der Waals surface area contributed by atoms with Crippen molar-refractivity contribution in [1.29, 1.82) is 0 Å². The number of nitrogens with zero attached hydrogens (tertiary/aromatic N) is 1. The van der Waals surface area contributed by atoms with Gasteiger partial charge in [0, 0.05) is 23.2 Å². The number of hydrogen-bond acceptors (Lipinski definition) is 6. The topological polar surface area (TPSA) is 94.1 Å². The zero-order chi connectivity index (χ0) is 25.1. The third-order valence-corrected chi connectivity index (χ3v) is 6.10. The number of hydrogen-bond donors (Lipinski definition) is 1. The fourth-order valence-corrected chi connectivity index (χ4v) is 4.60. The lowest BCUT2D eigenvalue weighted by Gasteiger charge is -2.10. The Morgan fingerprint density at radius 2 is 1.66 bits per heavy atom. The molecule has 176 valence electrons. The van der Waals surface area contributed by atoms with Gasteiger partial charge in [-0.05, 0) is 104 Å². The SMILES string of the molecule is CC(=O)Nc1ccc(C2=N/C(=C\c3cc(Br)c(OC(=O)c4ccc(Cl)cc4)c(Br)c3)C(=O)O2)cc1. The Bertz CT molecular complexity index is 1380. The number of anilines is 1. The van der Waals surface area contributed by atoms with Crippen molar-refractivity contribution in [2.24, 2.45) is 4.99 Å². The minimum Gasteiger partial charge on any atom is -0.421 e. The van der Waals surface area contributed by atoms with E-state index in [0.717, 1.165) is 0 Å². The highest BCUT2D eigenvalue weighted by atomic mass is 79.9. The minimum atomic E-state index is -0.601. The van der Waals surface area contributed by atoms with Crippen LogP contribution in [0.15, 0.2) is 80.3 Å². The number of amides is 1. The molecule has 10 heteroatoms. The van der Waals surface area contributed by atoms with Gasteiger partial charge in [-0.15, -0.1) is 0 Å². The van der Waals surface area contributed by atoms with Gasteiger partial charge >= 0.3 is 11.9 Å². The molecule has 7 nitrogen and oxygen atoms in total. The largest absolute Gasteiger partial charge is 0.421 e. The van der Waals surface area contributed by atoms with Gasteiger partial charge in [-0.2, -0.15) is 0 Å². The summed E-state index contributed by atoms with van der Waals surface area (Å²) in [4.78, 5) is 40.3. The molecule has 0 saturated heterocycles. The van der Waals surface area contributed by atoms with E-state index in [1.807, 2.05) is 0 Å². The van der Waals surface area contributed by atoms with E-state index < -0.39 is 11.9 Å². The molecule has 0 unspecified atom stereocenters. The summed E-state index contributed by atoms with van der Waals surface area (Å²) in [5.41, 5.74) is 2.28. The third kappa shape index (κ3) is 6.05. The van der Waals surface area contributed by atoms with Crippen molar-refractivity contribution in [2.75, 3.05) is 5.32 Å². The number of benzene rings is 3. The molecule has 1 aliphatic heterocycles. The molecule has 35 heavy (non-hydrogen) atoms. The maximum Gasteiger partial charge on any atom is 0.363 e. The second kappa shape index (κ2) is 10.6. The number of rotatable bonds is 5. The number of halogens is 3. The summed E-state index contributed by atoms with van der Waals surface area (Å²) in [6.07, 6.45) is 1.56. The van der Waals surface area contributed by atoms with Gasteiger partial charge < -0.3 is 14.8 Å². The van der Waals surface area contributed by atoms with E-state index in [0.29, 0.717) is 36.3 Å². The van der Waals surface area contributed by atoms with Crippen molar-refractivity contribution in [2.45, 2.75) is 6.92 Å². The molecule has 1 heterocycles. The molecule has 3 aromatic carbocycles. The van der Waals surface area contributed by atoms with Crippen LogP contribution >= 0.6 is 43.5 Å². The van der Waals surface area contributed by atoms with Gasteiger partial charge in [0.1, 0.15) is 0 Å². The predicted molar refractivity (Wildman–Crippen MR) is 140 cm³/mol. The van der Waals surface area contributed by atoms with Crippen LogP contribution in [-0.4, -0.2) is 23.7 Å². The molecule has 0 spiro atoms. The highest BCUT2D eigenvalue weighted by Gasteiger charge is 2.24. The summed E-state index contributed by atoms with van der Waals surface area (Å²) >= 11 is 12.7. The zero-order valence-corrected chi connectivity index (χ0v) is 21.9. The molecular weight excluding hydrogens is 604 g/mol. The quantitative estimate of drug-likeness (QED) is 0.203. The van der Waals surface area contributed by atoms with E-state index >= 15 is 0 Å². The molecule has 1 amide bonds. The van der Waals surface area contributed by atoms with E-state index in [-0.39, 0.29) is 23.3 Å². The summed E-state index contributed by atoms with van der Waals surface area (Å²) in [5.74, 6) is -0.897. The van der Waals surface area contributed by atoms with Crippen molar-refractivity contribution in [1.82, 2.24) is 0 Å². The van der Waals surface area contributed by atoms with Crippen molar-refractivity contribution >= 4 is 79.0 Å². The van der Waals surface area contributed by atoms with Crippen molar-refractivity contribution in [3.63, 3.8) is 0 Å². The van der Waals surface area contributed by atoms with E-state index in [4.69, 9.17) is 21.1 Å². The van der Waals surface area contributed by atoms with E-state index in [2.05, 4.69) is 42.2 Å². The van der Waals surface area contributed by atoms with Gasteiger partial charge in [-0.3, -0.25) is 4.79 Å². The van der Waals surface area contributed by atoms with Crippen LogP contribution in [0, 0.1) is 0 Å². The molecule has 0 atom stereocenters. The first-order valence-corrected chi connectivity index (χ1v) is 12.0. The average Bonchev–Trinajstić information content (AvgIpc) is 3.16. The van der Waals surface area contributed by atoms with Crippen LogP contribution in [0.25, 0.3) is 6.08 Å². The fourth-order valence-electron chi connectivity index (χ4n) is 3.09. The molecule has 0 saturated carbocycles. The maximum absolute atomic E-state index is 12.5. The molecule has 0 aliphatic carbocycles. The smallest absolute Gasteiger partial charge is 0.363 e. The van der Waals surface area contributed by atoms with Crippen LogP contribution in [0.3, 0.4) is 0 Å². The normalized spacial score (nSPS) is 13.9. The van der Waals surface area contributed by atoms with Crippen LogP contribution in [0.1, 0.15) is 28.4 Å². The summed E-state index contributed by atoms with van der Waals surface area (Å²) in [6, 6.07) is 16.5. The number of ether oxygens (including phenoxy) is 2. The van der Waals surface area contributed by atoms with Crippen molar-refractivity contribution in [3.05, 3.63) is 97.0 Å². The lowest BCUT2D eigenvalue weighted by molar-refractivity contribution is -0.129. The van der Waals surface area contributed by atoms with Gasteiger partial charge in [-0.25, -0.2) is 14.6 Å². The highest BCUT2D eigenvalue weighted by Crippen LogP contribution is 2.36. The molecule has 0 radical (unpaired) electrons. The fraction of sp³-hybridized carbons (Fsp3) is 0.0400. The van der Waals surface area contributed by atoms with E-state index in [9.17, 15) is 14.4 Å². The molecule has 4 rings (SSSR count). The van der Waals surface area contributed by atoms with Gasteiger partial charge in [0.05, 0.1) is 14.5 Å². The Kier molecular flexibility index (Phi) is 7.49. The van der Waals surface area contributed by atoms with Crippen LogP contribution in [-0.2, 0) is 14.3 Å². The number of aliphatic imine (C=N–C) groups is 1. The maximum atomic E-state index is 12.5. The molecule has 3 aromatic rings. The number of esters is 2.